The lowest BCUT2D eigenvalue weighted by molar-refractivity contribution is 0.0792. The van der Waals surface area contributed by atoms with Crippen LogP contribution in [0.5, 0.6) is 0 Å². The van der Waals surface area contributed by atoms with Gasteiger partial charge in [0.2, 0.25) is 0 Å². The largest absolute Gasteiger partial charge is 0.339 e. The summed E-state index contributed by atoms with van der Waals surface area (Å²) in [5, 5.41) is 0. The Morgan fingerprint density at radius 2 is 2.00 bits per heavy atom. The van der Waals surface area contributed by atoms with Gasteiger partial charge in [-0.15, -0.1) is 0 Å². The van der Waals surface area contributed by atoms with Gasteiger partial charge in [-0.3, -0.25) is 4.79 Å². The van der Waals surface area contributed by atoms with Crippen LogP contribution in [0.3, 0.4) is 0 Å². The highest BCUT2D eigenvalue weighted by Gasteiger charge is 2.19. The molecule has 0 saturated carbocycles. The van der Waals surface area contributed by atoms with Crippen molar-refractivity contribution in [3.63, 3.8) is 0 Å². The van der Waals surface area contributed by atoms with Crippen LogP contribution in [-0.4, -0.2) is 23.9 Å². The fourth-order valence-corrected chi connectivity index (χ4v) is 2.13. The van der Waals surface area contributed by atoms with E-state index >= 15 is 0 Å². The molecule has 1 aliphatic heterocycles. The highest BCUT2D eigenvalue weighted by atomic mass is 79.9. The molecule has 0 unspecified atom stereocenters. The summed E-state index contributed by atoms with van der Waals surface area (Å²) in [6.45, 7) is 3.83. The van der Waals surface area contributed by atoms with E-state index in [0.29, 0.717) is 0 Å². The van der Waals surface area contributed by atoms with E-state index in [1.807, 2.05) is 30.0 Å². The first-order valence-electron chi connectivity index (χ1n) is 5.24. The van der Waals surface area contributed by atoms with Gasteiger partial charge in [0.1, 0.15) is 0 Å². The second-order valence-corrected chi connectivity index (χ2v) is 4.82. The summed E-state index contributed by atoms with van der Waals surface area (Å²) < 4.78 is 1.06. The molecule has 1 aromatic carbocycles. The van der Waals surface area contributed by atoms with Crippen molar-refractivity contribution in [3.8, 4) is 0 Å². The quantitative estimate of drug-likeness (QED) is 0.766. The number of rotatable bonds is 1. The van der Waals surface area contributed by atoms with E-state index < -0.39 is 0 Å². The maximum Gasteiger partial charge on any atom is 0.253 e. The summed E-state index contributed by atoms with van der Waals surface area (Å²) in [6.07, 6.45) is 2.28. The van der Waals surface area contributed by atoms with Crippen LogP contribution >= 0.6 is 15.9 Å². The fraction of sp³-hybridized carbons (Fsp3) is 0.417. The van der Waals surface area contributed by atoms with Crippen LogP contribution in [0.15, 0.2) is 22.7 Å². The van der Waals surface area contributed by atoms with E-state index in [0.717, 1.165) is 41.5 Å². The molecule has 0 N–H and O–H groups in total. The number of carbonyl (C=O) groups excluding carboxylic acids is 1. The van der Waals surface area contributed by atoms with Crippen molar-refractivity contribution in [1.82, 2.24) is 4.90 Å². The summed E-state index contributed by atoms with van der Waals surface area (Å²) in [5.41, 5.74) is 1.91. The molecule has 0 aromatic heterocycles. The lowest BCUT2D eigenvalue weighted by Crippen LogP contribution is -2.27. The number of benzene rings is 1. The molecular weight excluding hydrogens is 254 g/mol. The van der Waals surface area contributed by atoms with Gasteiger partial charge in [-0.2, -0.15) is 0 Å². The molecule has 0 aliphatic carbocycles. The Labute approximate surface area is 98.4 Å². The van der Waals surface area contributed by atoms with Crippen LogP contribution in [0.25, 0.3) is 0 Å². The summed E-state index contributed by atoms with van der Waals surface area (Å²) in [6, 6.07) is 5.78. The summed E-state index contributed by atoms with van der Waals surface area (Å²) >= 11 is 3.44. The third-order valence-electron chi connectivity index (χ3n) is 2.80. The number of amides is 1. The number of halogens is 1. The molecule has 1 saturated heterocycles. The molecule has 2 rings (SSSR count). The maximum atomic E-state index is 12.0. The van der Waals surface area contributed by atoms with Crippen molar-refractivity contribution in [1.29, 1.82) is 0 Å². The average Bonchev–Trinajstić information content (AvgIpc) is 2.74. The summed E-state index contributed by atoms with van der Waals surface area (Å²) in [4.78, 5) is 14.0. The molecule has 15 heavy (non-hydrogen) atoms. The van der Waals surface area contributed by atoms with E-state index in [9.17, 15) is 4.79 Å². The van der Waals surface area contributed by atoms with Gasteiger partial charge in [0.15, 0.2) is 0 Å². The normalized spacial score (nSPS) is 15.7. The molecule has 1 aliphatic rings. The first-order chi connectivity index (χ1) is 7.18. The minimum atomic E-state index is 0.170. The highest BCUT2D eigenvalue weighted by Crippen LogP contribution is 2.19. The zero-order valence-electron chi connectivity index (χ0n) is 8.79. The van der Waals surface area contributed by atoms with E-state index in [1.54, 1.807) is 0 Å². The van der Waals surface area contributed by atoms with E-state index in [1.165, 1.54) is 0 Å². The predicted octanol–water partition coefficient (Wildman–Crippen LogP) is 2.99. The van der Waals surface area contributed by atoms with Gasteiger partial charge < -0.3 is 4.90 Å². The molecule has 1 heterocycles. The second kappa shape index (κ2) is 4.35. The molecule has 1 aromatic rings. The first-order valence-corrected chi connectivity index (χ1v) is 6.03. The second-order valence-electron chi connectivity index (χ2n) is 3.96. The lowest BCUT2D eigenvalue weighted by atomic mass is 10.1. The zero-order valence-corrected chi connectivity index (χ0v) is 10.4. The van der Waals surface area contributed by atoms with Gasteiger partial charge >= 0.3 is 0 Å². The average molecular weight is 268 g/mol. The Balaban J connectivity index is 2.21. The predicted molar refractivity (Wildman–Crippen MR) is 64.0 cm³/mol. The minimum absolute atomic E-state index is 0.170. The molecule has 0 bridgehead atoms. The van der Waals surface area contributed by atoms with Crippen molar-refractivity contribution < 1.29 is 4.79 Å². The third-order valence-corrected chi connectivity index (χ3v) is 3.69. The zero-order chi connectivity index (χ0) is 10.8. The number of hydrogen-bond donors (Lipinski definition) is 0. The molecule has 2 nitrogen and oxygen atoms in total. The number of likely N-dealkylation sites (tertiary alicyclic amines) is 1. The van der Waals surface area contributed by atoms with Crippen LogP contribution < -0.4 is 0 Å². The number of hydrogen-bond acceptors (Lipinski definition) is 1. The summed E-state index contributed by atoms with van der Waals surface area (Å²) in [5.74, 6) is 0.170. The lowest BCUT2D eigenvalue weighted by Gasteiger charge is -2.15. The smallest absolute Gasteiger partial charge is 0.253 e. The Morgan fingerprint density at radius 1 is 1.33 bits per heavy atom. The number of nitrogens with zero attached hydrogens (tertiary/aromatic N) is 1. The first kappa shape index (κ1) is 10.7. The highest BCUT2D eigenvalue weighted by molar-refractivity contribution is 9.10. The van der Waals surface area contributed by atoms with Crippen LogP contribution in [0.4, 0.5) is 0 Å². The molecule has 1 amide bonds. The summed E-state index contributed by atoms with van der Waals surface area (Å²) in [7, 11) is 0. The molecule has 3 heteroatoms. The van der Waals surface area contributed by atoms with E-state index in [4.69, 9.17) is 0 Å². The Hall–Kier alpha value is -0.830. The fourth-order valence-electron chi connectivity index (χ4n) is 1.88. The SMILES string of the molecule is Cc1cc(C(=O)N2CCCC2)ccc1Br. The maximum absolute atomic E-state index is 12.0. The number of carbonyl (C=O) groups is 1. The monoisotopic (exact) mass is 267 g/mol. The third kappa shape index (κ3) is 2.23. The molecule has 80 valence electrons. The molecule has 0 spiro atoms. The Morgan fingerprint density at radius 3 is 2.60 bits per heavy atom. The van der Waals surface area contributed by atoms with Gasteiger partial charge in [0.05, 0.1) is 0 Å². The topological polar surface area (TPSA) is 20.3 Å². The molecule has 1 fully saturated rings. The van der Waals surface area contributed by atoms with Crippen molar-refractivity contribution in [2.45, 2.75) is 19.8 Å². The van der Waals surface area contributed by atoms with Gasteiger partial charge in [-0.05, 0) is 43.5 Å². The molecule has 0 atom stereocenters. The van der Waals surface area contributed by atoms with Crippen molar-refractivity contribution in [2.24, 2.45) is 0 Å². The van der Waals surface area contributed by atoms with E-state index in [2.05, 4.69) is 15.9 Å². The van der Waals surface area contributed by atoms with Crippen LogP contribution in [0, 0.1) is 6.92 Å². The van der Waals surface area contributed by atoms with Crippen LogP contribution in [-0.2, 0) is 0 Å². The van der Waals surface area contributed by atoms with Crippen LogP contribution in [0.2, 0.25) is 0 Å². The van der Waals surface area contributed by atoms with Gasteiger partial charge in [-0.1, -0.05) is 15.9 Å². The van der Waals surface area contributed by atoms with Gasteiger partial charge in [-0.25, -0.2) is 0 Å². The Kier molecular flexibility index (Phi) is 3.10. The van der Waals surface area contributed by atoms with E-state index in [-0.39, 0.29) is 5.91 Å². The van der Waals surface area contributed by atoms with Crippen molar-refractivity contribution in [3.05, 3.63) is 33.8 Å². The van der Waals surface area contributed by atoms with Crippen molar-refractivity contribution in [2.75, 3.05) is 13.1 Å². The van der Waals surface area contributed by atoms with Gasteiger partial charge in [0, 0.05) is 23.1 Å². The Bertz CT molecular complexity index is 383. The van der Waals surface area contributed by atoms with Crippen LogP contribution in [0.1, 0.15) is 28.8 Å². The minimum Gasteiger partial charge on any atom is -0.339 e. The van der Waals surface area contributed by atoms with Gasteiger partial charge in [0.25, 0.3) is 5.91 Å². The van der Waals surface area contributed by atoms with Crippen molar-refractivity contribution >= 4 is 21.8 Å². The molecular formula is C12H14BrNO. The number of aryl methyl sites for hydroxylation is 1. The standard InChI is InChI=1S/C12H14BrNO/c1-9-8-10(4-5-11(9)13)12(15)14-6-2-3-7-14/h4-5,8H,2-3,6-7H2,1H3. The molecule has 0 radical (unpaired) electrons.